The van der Waals surface area contributed by atoms with Crippen molar-refractivity contribution in [1.29, 1.82) is 0 Å². The molecule has 2 fully saturated rings. The molecule has 9 nitrogen and oxygen atoms in total. The lowest BCUT2D eigenvalue weighted by Gasteiger charge is -2.47. The number of hydrogen-bond donors (Lipinski definition) is 1. The monoisotopic (exact) mass is 598 g/mol. The number of pyridine rings is 1. The number of amides is 2. The van der Waals surface area contributed by atoms with Gasteiger partial charge in [0.25, 0.3) is 12.3 Å². The maximum Gasteiger partial charge on any atom is 0.281 e. The normalized spacial score (nSPS) is 21.1. The summed E-state index contributed by atoms with van der Waals surface area (Å²) in [7, 11) is 1.66. The van der Waals surface area contributed by atoms with Gasteiger partial charge in [-0.1, -0.05) is 29.8 Å². The zero-order valence-electron chi connectivity index (χ0n) is 23.3. The Morgan fingerprint density at radius 2 is 1.95 bits per heavy atom. The molecule has 2 amide bonds. The van der Waals surface area contributed by atoms with Crippen LogP contribution in [0.15, 0.2) is 48.9 Å². The minimum atomic E-state index is -2.87. The second-order valence-electron chi connectivity index (χ2n) is 11.4. The smallest absolute Gasteiger partial charge is 0.281 e. The Balaban J connectivity index is 1.08. The van der Waals surface area contributed by atoms with Gasteiger partial charge in [-0.15, -0.1) is 0 Å². The van der Waals surface area contributed by atoms with E-state index in [4.69, 9.17) is 16.3 Å². The van der Waals surface area contributed by atoms with Gasteiger partial charge in [-0.2, -0.15) is 5.10 Å². The molecule has 1 aromatic carbocycles. The first kappa shape index (κ1) is 28.5. The maximum atomic E-state index is 14.0. The molecule has 1 spiro atoms. The van der Waals surface area contributed by atoms with Gasteiger partial charge in [-0.05, 0) is 49.3 Å². The van der Waals surface area contributed by atoms with Crippen molar-refractivity contribution in [3.8, 4) is 0 Å². The van der Waals surface area contributed by atoms with E-state index in [0.29, 0.717) is 45.6 Å². The second kappa shape index (κ2) is 11.6. The number of nitrogens with zero attached hydrogens (tertiary/aromatic N) is 5. The molecule has 1 aliphatic carbocycles. The zero-order valence-corrected chi connectivity index (χ0v) is 24.1. The summed E-state index contributed by atoms with van der Waals surface area (Å²) in [6.07, 6.45) is 5.09. The largest absolute Gasteiger partial charge is 0.383 e. The highest BCUT2D eigenvalue weighted by atomic mass is 35.5. The predicted molar refractivity (Wildman–Crippen MR) is 154 cm³/mol. The van der Waals surface area contributed by atoms with Crippen LogP contribution in [0.3, 0.4) is 0 Å². The fourth-order valence-corrected chi connectivity index (χ4v) is 6.67. The van der Waals surface area contributed by atoms with E-state index >= 15 is 0 Å². The summed E-state index contributed by atoms with van der Waals surface area (Å²) in [4.78, 5) is 34.6. The Hall–Kier alpha value is -3.57. The fourth-order valence-electron chi connectivity index (χ4n) is 6.51. The van der Waals surface area contributed by atoms with Gasteiger partial charge in [-0.25, -0.2) is 8.78 Å². The quantitative estimate of drug-likeness (QED) is 0.387. The SMILES string of the molecule is COCCn1cc(N2CC3(C2)C(=O)N(CC2CCC(NC(=O)c4cc(Cl)cnc4C(F)F)CC2)c2ccccc23)cn1. The third-order valence-corrected chi connectivity index (χ3v) is 8.96. The van der Waals surface area contributed by atoms with Gasteiger partial charge in [0.15, 0.2) is 0 Å². The summed E-state index contributed by atoms with van der Waals surface area (Å²) >= 11 is 5.92. The molecular weight excluding hydrogens is 566 g/mol. The molecule has 3 aliphatic rings. The molecule has 42 heavy (non-hydrogen) atoms. The first-order chi connectivity index (χ1) is 20.3. The molecule has 0 unspecified atom stereocenters. The van der Waals surface area contributed by atoms with Crippen molar-refractivity contribution in [3.05, 3.63) is 70.8 Å². The van der Waals surface area contributed by atoms with Gasteiger partial charge in [0.2, 0.25) is 5.91 Å². The lowest BCUT2D eigenvalue weighted by atomic mass is 9.74. The number of anilines is 2. The number of carbonyl (C=O) groups excluding carboxylic acids is 2. The average molecular weight is 599 g/mol. The number of para-hydroxylation sites is 1. The molecule has 222 valence electrons. The van der Waals surface area contributed by atoms with E-state index in [-0.39, 0.29) is 28.5 Å². The van der Waals surface area contributed by atoms with Gasteiger partial charge in [-0.3, -0.25) is 19.3 Å². The highest BCUT2D eigenvalue weighted by molar-refractivity contribution is 6.30. The van der Waals surface area contributed by atoms with Crippen LogP contribution in [0.1, 0.15) is 53.7 Å². The standard InChI is InChI=1S/C30H33ClF2N6O3/c1-42-11-10-38-16-22(14-35-38)37-17-30(18-37)24-4-2-3-5-25(24)39(29(30)41)15-19-6-8-21(9-7-19)36-28(40)23-12-20(31)13-34-26(23)27(32)33/h2-5,12-14,16,19,21,27H,6-11,15,17-18H2,1H3,(H,36,40). The van der Waals surface area contributed by atoms with Gasteiger partial charge in [0, 0.05) is 50.9 Å². The molecule has 1 N–H and O–H groups in total. The van der Waals surface area contributed by atoms with Crippen molar-refractivity contribution in [2.45, 2.75) is 50.1 Å². The summed E-state index contributed by atoms with van der Waals surface area (Å²) in [6, 6.07) is 9.15. The van der Waals surface area contributed by atoms with E-state index in [0.717, 1.165) is 36.0 Å². The molecule has 1 saturated carbocycles. The minimum Gasteiger partial charge on any atom is -0.383 e. The van der Waals surface area contributed by atoms with Crippen molar-refractivity contribution < 1.29 is 23.1 Å². The Bertz CT molecular complexity index is 1470. The Labute approximate surface area is 247 Å². The molecule has 0 bridgehead atoms. The van der Waals surface area contributed by atoms with E-state index in [2.05, 4.69) is 26.4 Å². The molecule has 2 aromatic heterocycles. The molecular formula is C30H33ClF2N6O3. The van der Waals surface area contributed by atoms with Crippen LogP contribution in [-0.4, -0.2) is 66.0 Å². The van der Waals surface area contributed by atoms with Crippen LogP contribution < -0.4 is 15.1 Å². The molecule has 0 radical (unpaired) electrons. The number of ether oxygens (including phenoxy) is 1. The van der Waals surface area contributed by atoms with Gasteiger partial charge >= 0.3 is 0 Å². The Morgan fingerprint density at radius 1 is 1.19 bits per heavy atom. The molecule has 3 aromatic rings. The Morgan fingerprint density at radius 3 is 2.69 bits per heavy atom. The first-order valence-corrected chi connectivity index (χ1v) is 14.6. The van der Waals surface area contributed by atoms with Crippen LogP contribution in [0.4, 0.5) is 20.2 Å². The van der Waals surface area contributed by atoms with E-state index in [9.17, 15) is 18.4 Å². The molecule has 12 heteroatoms. The third-order valence-electron chi connectivity index (χ3n) is 8.75. The van der Waals surface area contributed by atoms with Crippen LogP contribution in [0.2, 0.25) is 5.02 Å². The second-order valence-corrected chi connectivity index (χ2v) is 11.8. The summed E-state index contributed by atoms with van der Waals surface area (Å²) in [5, 5.41) is 7.44. The number of carbonyl (C=O) groups is 2. The number of rotatable bonds is 9. The first-order valence-electron chi connectivity index (χ1n) is 14.2. The van der Waals surface area contributed by atoms with Gasteiger partial charge in [0.05, 0.1) is 35.6 Å². The molecule has 1 saturated heterocycles. The number of nitrogens with one attached hydrogen (secondary N) is 1. The topological polar surface area (TPSA) is 92.6 Å². The predicted octanol–water partition coefficient (Wildman–Crippen LogP) is 4.61. The average Bonchev–Trinajstić information content (AvgIpc) is 3.52. The van der Waals surface area contributed by atoms with E-state index in [1.807, 2.05) is 40.2 Å². The summed E-state index contributed by atoms with van der Waals surface area (Å²) in [5.74, 6) is -0.187. The minimum absolute atomic E-state index is 0.133. The van der Waals surface area contributed by atoms with Crippen molar-refractivity contribution in [1.82, 2.24) is 20.1 Å². The van der Waals surface area contributed by atoms with Crippen LogP contribution >= 0.6 is 11.6 Å². The zero-order chi connectivity index (χ0) is 29.4. The van der Waals surface area contributed by atoms with Crippen LogP contribution in [0.25, 0.3) is 0 Å². The lowest BCUT2D eigenvalue weighted by molar-refractivity contribution is -0.124. The van der Waals surface area contributed by atoms with Crippen molar-refractivity contribution in [2.24, 2.45) is 5.92 Å². The molecule has 4 heterocycles. The number of benzene rings is 1. The van der Waals surface area contributed by atoms with E-state index < -0.39 is 23.4 Å². The highest BCUT2D eigenvalue weighted by Gasteiger charge is 2.58. The fraction of sp³-hybridized carbons (Fsp3) is 0.467. The van der Waals surface area contributed by atoms with Crippen molar-refractivity contribution in [3.63, 3.8) is 0 Å². The summed E-state index contributed by atoms with van der Waals surface area (Å²) < 4.78 is 33.8. The third kappa shape index (κ3) is 5.24. The van der Waals surface area contributed by atoms with Crippen LogP contribution in [-0.2, 0) is 21.5 Å². The summed E-state index contributed by atoms with van der Waals surface area (Å²) in [5.41, 5.74) is 1.71. The van der Waals surface area contributed by atoms with Gasteiger partial charge < -0.3 is 19.9 Å². The Kier molecular flexibility index (Phi) is 7.89. The summed E-state index contributed by atoms with van der Waals surface area (Å²) in [6.45, 7) is 3.08. The molecule has 0 atom stereocenters. The molecule has 6 rings (SSSR count). The number of fused-ring (bicyclic) bond motifs is 2. The lowest BCUT2D eigenvalue weighted by Crippen LogP contribution is -2.64. The van der Waals surface area contributed by atoms with Crippen LogP contribution in [0, 0.1) is 5.92 Å². The number of halogens is 3. The number of hydrogen-bond acceptors (Lipinski definition) is 6. The van der Waals surface area contributed by atoms with Gasteiger partial charge in [0.1, 0.15) is 11.1 Å². The molecule has 2 aliphatic heterocycles. The van der Waals surface area contributed by atoms with E-state index in [1.54, 1.807) is 7.11 Å². The number of aromatic nitrogens is 3. The van der Waals surface area contributed by atoms with Crippen molar-refractivity contribution in [2.75, 3.05) is 43.2 Å². The maximum absolute atomic E-state index is 14.0. The number of methoxy groups -OCH3 is 1. The van der Waals surface area contributed by atoms with E-state index in [1.165, 1.54) is 6.07 Å². The highest BCUT2D eigenvalue weighted by Crippen LogP contribution is 2.49. The van der Waals surface area contributed by atoms with Crippen molar-refractivity contribution >= 4 is 34.8 Å². The number of alkyl halides is 2. The van der Waals surface area contributed by atoms with Crippen LogP contribution in [0.5, 0.6) is 0 Å².